The van der Waals surface area contributed by atoms with E-state index in [1.165, 1.54) is 0 Å². The fourth-order valence-electron chi connectivity index (χ4n) is 1.20. The molecular weight excluding hydrogens is 218 g/mol. The molecule has 0 aliphatic heterocycles. The van der Waals surface area contributed by atoms with Gasteiger partial charge in [0.2, 0.25) is 5.91 Å². The van der Waals surface area contributed by atoms with E-state index in [2.05, 4.69) is 13.2 Å². The van der Waals surface area contributed by atoms with E-state index >= 15 is 0 Å². The zero-order valence-electron chi connectivity index (χ0n) is 11.1. The number of carbonyl (C=O) groups excluding carboxylic acids is 2. The molecule has 4 heteroatoms. The summed E-state index contributed by atoms with van der Waals surface area (Å²) < 4.78 is 4.95. The van der Waals surface area contributed by atoms with Crippen molar-refractivity contribution in [2.45, 2.75) is 33.7 Å². The largest absolute Gasteiger partial charge is 0.460 e. The highest BCUT2D eigenvalue weighted by atomic mass is 16.5. The third-order valence-electron chi connectivity index (χ3n) is 2.16. The molecule has 0 bridgehead atoms. The Morgan fingerprint density at radius 2 is 1.71 bits per heavy atom. The summed E-state index contributed by atoms with van der Waals surface area (Å²) >= 11 is 0. The first-order valence-electron chi connectivity index (χ1n) is 5.56. The van der Waals surface area contributed by atoms with Crippen LogP contribution >= 0.6 is 0 Å². The highest BCUT2D eigenvalue weighted by molar-refractivity contribution is 5.92. The van der Waals surface area contributed by atoms with Crippen molar-refractivity contribution in [2.24, 2.45) is 0 Å². The molecule has 0 fully saturated rings. The van der Waals surface area contributed by atoms with Crippen LogP contribution in [0.4, 0.5) is 0 Å². The van der Waals surface area contributed by atoms with Crippen LogP contribution in [0.3, 0.4) is 0 Å². The number of carbonyl (C=O) groups is 2. The lowest BCUT2D eigenvalue weighted by Gasteiger charge is -2.26. The topological polar surface area (TPSA) is 46.6 Å². The van der Waals surface area contributed by atoms with Crippen LogP contribution in [0.15, 0.2) is 24.3 Å². The Bertz CT molecular complexity index is 332. The molecule has 0 radical (unpaired) electrons. The summed E-state index contributed by atoms with van der Waals surface area (Å²) in [6.07, 6.45) is 0. The Balaban J connectivity index is 4.30. The lowest BCUT2D eigenvalue weighted by Crippen LogP contribution is -2.39. The van der Waals surface area contributed by atoms with Crippen molar-refractivity contribution in [3.8, 4) is 0 Å². The van der Waals surface area contributed by atoms with Crippen LogP contribution < -0.4 is 0 Å². The van der Waals surface area contributed by atoms with Crippen molar-refractivity contribution in [1.29, 1.82) is 0 Å². The summed E-state index contributed by atoms with van der Waals surface area (Å²) in [4.78, 5) is 24.5. The van der Waals surface area contributed by atoms with E-state index in [4.69, 9.17) is 4.74 Å². The molecule has 0 rings (SSSR count). The average molecular weight is 239 g/mol. The Kier molecular flexibility index (Phi) is 6.25. The smallest absolute Gasteiger partial charge is 0.333 e. The van der Waals surface area contributed by atoms with Crippen LogP contribution in [0.1, 0.15) is 27.7 Å². The number of hydrogen-bond acceptors (Lipinski definition) is 3. The molecule has 0 N–H and O–H groups in total. The van der Waals surface area contributed by atoms with Crippen LogP contribution in [0, 0.1) is 0 Å². The molecule has 0 spiro atoms. The minimum absolute atomic E-state index is 0.0442. The first-order valence-corrected chi connectivity index (χ1v) is 5.56. The molecule has 0 aromatic heterocycles. The molecule has 0 aromatic carbocycles. The summed E-state index contributed by atoms with van der Waals surface area (Å²) in [6, 6.07) is 0.0442. The molecule has 0 saturated heterocycles. The molecule has 0 heterocycles. The third kappa shape index (κ3) is 5.33. The van der Waals surface area contributed by atoms with Gasteiger partial charge >= 0.3 is 5.97 Å². The van der Waals surface area contributed by atoms with Gasteiger partial charge in [0, 0.05) is 17.2 Å². The third-order valence-corrected chi connectivity index (χ3v) is 2.16. The molecule has 0 saturated carbocycles. The van der Waals surface area contributed by atoms with Gasteiger partial charge in [-0.3, -0.25) is 4.79 Å². The lowest BCUT2D eigenvalue weighted by atomic mass is 10.2. The van der Waals surface area contributed by atoms with E-state index in [0.29, 0.717) is 17.7 Å². The number of esters is 1. The molecule has 0 aromatic rings. The van der Waals surface area contributed by atoms with E-state index in [1.807, 2.05) is 13.8 Å². The molecule has 4 nitrogen and oxygen atoms in total. The molecule has 0 atom stereocenters. The fraction of sp³-hybridized carbons (Fsp3) is 0.538. The van der Waals surface area contributed by atoms with Crippen molar-refractivity contribution >= 4 is 11.9 Å². The maximum atomic E-state index is 11.8. The average Bonchev–Trinajstić information content (AvgIpc) is 2.22. The maximum Gasteiger partial charge on any atom is 0.333 e. The predicted octanol–water partition coefficient (Wildman–Crippen LogP) is 1.92. The van der Waals surface area contributed by atoms with E-state index in [9.17, 15) is 9.59 Å². The second kappa shape index (κ2) is 6.89. The Morgan fingerprint density at radius 1 is 1.18 bits per heavy atom. The van der Waals surface area contributed by atoms with Gasteiger partial charge in [0.15, 0.2) is 0 Å². The highest BCUT2D eigenvalue weighted by Crippen LogP contribution is 2.04. The number of hydrogen-bond donors (Lipinski definition) is 0. The van der Waals surface area contributed by atoms with Gasteiger partial charge in [0.1, 0.15) is 6.61 Å². The van der Waals surface area contributed by atoms with Gasteiger partial charge in [-0.1, -0.05) is 13.2 Å². The van der Waals surface area contributed by atoms with Crippen molar-refractivity contribution in [2.75, 3.05) is 13.2 Å². The minimum Gasteiger partial charge on any atom is -0.460 e. The van der Waals surface area contributed by atoms with Crippen LogP contribution in [0.5, 0.6) is 0 Å². The van der Waals surface area contributed by atoms with Gasteiger partial charge < -0.3 is 9.64 Å². The Hall–Kier alpha value is -1.58. The first kappa shape index (κ1) is 15.4. The normalized spacial score (nSPS) is 9.94. The second-order valence-corrected chi connectivity index (χ2v) is 4.29. The van der Waals surface area contributed by atoms with Crippen LogP contribution in [-0.2, 0) is 14.3 Å². The molecule has 1 amide bonds. The molecular formula is C13H21NO3. The second-order valence-electron chi connectivity index (χ2n) is 4.29. The van der Waals surface area contributed by atoms with Gasteiger partial charge in [0.25, 0.3) is 0 Å². The molecule has 0 unspecified atom stereocenters. The molecule has 17 heavy (non-hydrogen) atoms. The Labute approximate surface area is 103 Å². The summed E-state index contributed by atoms with van der Waals surface area (Å²) in [5, 5.41) is 0. The van der Waals surface area contributed by atoms with Gasteiger partial charge in [-0.2, -0.15) is 0 Å². The molecule has 96 valence electrons. The molecule has 0 aliphatic carbocycles. The summed E-state index contributed by atoms with van der Waals surface area (Å²) in [5.74, 6) is -0.553. The lowest BCUT2D eigenvalue weighted by molar-refractivity contribution is -0.141. The van der Waals surface area contributed by atoms with Crippen LogP contribution in [0.25, 0.3) is 0 Å². The zero-order valence-corrected chi connectivity index (χ0v) is 11.1. The first-order chi connectivity index (χ1) is 7.77. The van der Waals surface area contributed by atoms with Crippen molar-refractivity contribution in [1.82, 2.24) is 4.90 Å². The maximum absolute atomic E-state index is 11.8. The van der Waals surface area contributed by atoms with Crippen LogP contribution in [-0.4, -0.2) is 36.0 Å². The standard InChI is InChI=1S/C13H21NO3/c1-9(2)12(15)14(11(5)6)7-8-17-13(16)10(3)4/h11H,1,3,7-8H2,2,4-6H3. The predicted molar refractivity (Wildman–Crippen MR) is 67.4 cm³/mol. The SMILES string of the molecule is C=C(C)C(=O)OCCN(C(=O)C(=C)C)C(C)C. The number of ether oxygens (including phenoxy) is 1. The molecule has 0 aliphatic rings. The summed E-state index contributed by atoms with van der Waals surface area (Å²) in [6.45, 7) is 14.7. The monoisotopic (exact) mass is 239 g/mol. The highest BCUT2D eigenvalue weighted by Gasteiger charge is 2.17. The van der Waals surface area contributed by atoms with Crippen LogP contribution in [0.2, 0.25) is 0 Å². The number of nitrogens with zero attached hydrogens (tertiary/aromatic N) is 1. The quantitative estimate of drug-likeness (QED) is 0.525. The minimum atomic E-state index is -0.434. The van der Waals surface area contributed by atoms with Gasteiger partial charge in [-0.05, 0) is 27.7 Å². The van der Waals surface area contributed by atoms with E-state index in [-0.39, 0.29) is 18.6 Å². The zero-order chi connectivity index (χ0) is 13.6. The van der Waals surface area contributed by atoms with E-state index < -0.39 is 5.97 Å². The van der Waals surface area contributed by atoms with Gasteiger partial charge in [0.05, 0.1) is 6.54 Å². The van der Waals surface area contributed by atoms with E-state index in [0.717, 1.165) is 0 Å². The van der Waals surface area contributed by atoms with Gasteiger partial charge in [-0.15, -0.1) is 0 Å². The van der Waals surface area contributed by atoms with Crippen molar-refractivity contribution < 1.29 is 14.3 Å². The van der Waals surface area contributed by atoms with Crippen molar-refractivity contribution in [3.05, 3.63) is 24.3 Å². The number of amides is 1. The number of rotatable bonds is 6. The summed E-state index contributed by atoms with van der Waals surface area (Å²) in [5.41, 5.74) is 0.831. The van der Waals surface area contributed by atoms with Crippen molar-refractivity contribution in [3.63, 3.8) is 0 Å². The van der Waals surface area contributed by atoms with E-state index in [1.54, 1.807) is 18.7 Å². The Morgan fingerprint density at radius 3 is 2.06 bits per heavy atom. The fourth-order valence-corrected chi connectivity index (χ4v) is 1.20. The summed E-state index contributed by atoms with van der Waals surface area (Å²) in [7, 11) is 0. The van der Waals surface area contributed by atoms with Gasteiger partial charge in [-0.25, -0.2) is 4.79 Å².